The molecule has 0 atom stereocenters. The van der Waals surface area contributed by atoms with Crippen LogP contribution in [0.15, 0.2) is 22.6 Å². The number of hydrogen-bond donors (Lipinski definition) is 1. The minimum Gasteiger partial charge on any atom is -0.441 e. The summed E-state index contributed by atoms with van der Waals surface area (Å²) in [5, 5.41) is 3.17. The summed E-state index contributed by atoms with van der Waals surface area (Å²) in [6.07, 6.45) is 0.770. The second kappa shape index (κ2) is 5.04. The van der Waals surface area contributed by atoms with Gasteiger partial charge in [-0.1, -0.05) is 0 Å². The largest absolute Gasteiger partial charge is 0.441 e. The first-order chi connectivity index (χ1) is 8.24. The lowest BCUT2D eigenvalue weighted by Gasteiger charge is -2.08. The average molecular weight is 273 g/mol. The van der Waals surface area contributed by atoms with Crippen molar-refractivity contribution in [1.29, 1.82) is 0 Å². The van der Waals surface area contributed by atoms with E-state index in [1.165, 1.54) is 6.07 Å². The smallest absolute Gasteiger partial charge is 0.226 e. The van der Waals surface area contributed by atoms with Gasteiger partial charge in [0.15, 0.2) is 11.6 Å². The molecule has 0 fully saturated rings. The number of halogens is 3. The second-order valence-corrected chi connectivity index (χ2v) is 3.94. The predicted octanol–water partition coefficient (Wildman–Crippen LogP) is 2.69. The molecule has 0 unspecified atom stereocenters. The van der Waals surface area contributed by atoms with Crippen molar-refractivity contribution in [2.24, 2.45) is 0 Å². The van der Waals surface area contributed by atoms with Gasteiger partial charge >= 0.3 is 0 Å². The van der Waals surface area contributed by atoms with E-state index in [1.54, 1.807) is 0 Å². The molecule has 1 aromatic heterocycles. The number of benzene rings is 1. The first kappa shape index (κ1) is 13.0. The fourth-order valence-electron chi connectivity index (χ4n) is 1.88. The van der Waals surface area contributed by atoms with E-state index in [0.717, 1.165) is 36.6 Å². The summed E-state index contributed by atoms with van der Waals surface area (Å²) in [5.74, 6) is -0.593. The molecule has 96 valence electrons. The third kappa shape index (κ3) is 2.23. The van der Waals surface area contributed by atoms with Gasteiger partial charge in [0, 0.05) is 25.1 Å². The summed E-state index contributed by atoms with van der Waals surface area (Å²) in [6.45, 7) is 1.50. The molecular formula is C12H11ClF2N2O. The van der Waals surface area contributed by atoms with Crippen LogP contribution in [0.3, 0.4) is 0 Å². The minimum atomic E-state index is -0.892. The number of fused-ring (bicyclic) bond motifs is 1. The molecule has 2 heterocycles. The van der Waals surface area contributed by atoms with Gasteiger partial charge in [0.25, 0.3) is 0 Å². The molecule has 1 aliphatic rings. The van der Waals surface area contributed by atoms with Crippen LogP contribution in [0.5, 0.6) is 0 Å². The first-order valence-electron chi connectivity index (χ1n) is 5.39. The zero-order valence-electron chi connectivity index (χ0n) is 9.37. The second-order valence-electron chi connectivity index (χ2n) is 3.94. The quantitative estimate of drug-likeness (QED) is 0.867. The summed E-state index contributed by atoms with van der Waals surface area (Å²) in [7, 11) is 0. The van der Waals surface area contributed by atoms with Gasteiger partial charge < -0.3 is 9.73 Å². The molecule has 3 nitrogen and oxygen atoms in total. The zero-order valence-corrected chi connectivity index (χ0v) is 10.2. The Morgan fingerprint density at radius 2 is 2.06 bits per heavy atom. The highest BCUT2D eigenvalue weighted by atomic mass is 35.5. The van der Waals surface area contributed by atoms with Crippen molar-refractivity contribution in [3.8, 4) is 11.5 Å². The van der Waals surface area contributed by atoms with Gasteiger partial charge in [0.2, 0.25) is 5.89 Å². The van der Waals surface area contributed by atoms with Crippen molar-refractivity contribution in [2.45, 2.75) is 13.0 Å². The average Bonchev–Trinajstić information content (AvgIpc) is 2.76. The van der Waals surface area contributed by atoms with Crippen molar-refractivity contribution < 1.29 is 13.2 Å². The van der Waals surface area contributed by atoms with Gasteiger partial charge in [-0.3, -0.25) is 0 Å². The molecule has 0 amide bonds. The molecule has 6 heteroatoms. The van der Waals surface area contributed by atoms with E-state index in [1.807, 2.05) is 0 Å². The lowest BCUT2D eigenvalue weighted by molar-refractivity contribution is 0.481. The van der Waals surface area contributed by atoms with Crippen LogP contribution in [0.2, 0.25) is 0 Å². The fourth-order valence-corrected chi connectivity index (χ4v) is 1.88. The summed E-state index contributed by atoms with van der Waals surface area (Å²) >= 11 is 0. The van der Waals surface area contributed by atoms with Crippen molar-refractivity contribution >= 4 is 12.4 Å². The Hall–Kier alpha value is -1.46. The van der Waals surface area contributed by atoms with Gasteiger partial charge in [0.05, 0.1) is 5.69 Å². The molecule has 3 rings (SSSR count). The zero-order chi connectivity index (χ0) is 11.8. The van der Waals surface area contributed by atoms with Gasteiger partial charge in [-0.05, 0) is 18.2 Å². The summed E-state index contributed by atoms with van der Waals surface area (Å²) < 4.78 is 31.4. The molecule has 1 N–H and O–H groups in total. The molecule has 0 saturated carbocycles. The van der Waals surface area contributed by atoms with E-state index in [-0.39, 0.29) is 12.4 Å². The van der Waals surface area contributed by atoms with E-state index in [9.17, 15) is 8.78 Å². The van der Waals surface area contributed by atoms with E-state index >= 15 is 0 Å². The number of hydrogen-bond acceptors (Lipinski definition) is 3. The Labute approximate surface area is 109 Å². The number of oxazole rings is 1. The third-order valence-corrected chi connectivity index (χ3v) is 2.77. The maximum absolute atomic E-state index is 13.1. The normalized spacial score (nSPS) is 13.9. The van der Waals surface area contributed by atoms with Gasteiger partial charge in [0.1, 0.15) is 5.76 Å². The van der Waals surface area contributed by atoms with Crippen LogP contribution in [0.1, 0.15) is 11.5 Å². The van der Waals surface area contributed by atoms with Crippen LogP contribution in [0, 0.1) is 11.6 Å². The van der Waals surface area contributed by atoms with Crippen LogP contribution in [0.25, 0.3) is 11.5 Å². The highest BCUT2D eigenvalue weighted by Gasteiger charge is 2.18. The number of aromatic nitrogens is 1. The number of rotatable bonds is 1. The maximum atomic E-state index is 13.1. The molecule has 0 bridgehead atoms. The Morgan fingerprint density at radius 3 is 2.78 bits per heavy atom. The molecule has 0 aliphatic carbocycles. The Balaban J connectivity index is 0.00000120. The Morgan fingerprint density at radius 1 is 1.22 bits per heavy atom. The molecule has 2 aromatic rings. The summed E-state index contributed by atoms with van der Waals surface area (Å²) in [4.78, 5) is 4.27. The van der Waals surface area contributed by atoms with E-state index in [0.29, 0.717) is 18.0 Å². The molecule has 1 aliphatic heterocycles. The molecule has 18 heavy (non-hydrogen) atoms. The van der Waals surface area contributed by atoms with E-state index in [4.69, 9.17) is 4.42 Å². The molecule has 0 radical (unpaired) electrons. The highest BCUT2D eigenvalue weighted by molar-refractivity contribution is 5.85. The SMILES string of the molecule is Cl.Fc1ccc(-c2nc3c(o2)CCNC3)cc1F. The topological polar surface area (TPSA) is 38.1 Å². The number of nitrogens with one attached hydrogen (secondary N) is 1. The molecule has 1 aromatic carbocycles. The van der Waals surface area contributed by atoms with Gasteiger partial charge in [-0.15, -0.1) is 12.4 Å². The van der Waals surface area contributed by atoms with E-state index in [2.05, 4.69) is 10.3 Å². The van der Waals surface area contributed by atoms with Gasteiger partial charge in [-0.25, -0.2) is 13.8 Å². The third-order valence-electron chi connectivity index (χ3n) is 2.77. The first-order valence-corrected chi connectivity index (χ1v) is 5.39. The standard InChI is InChI=1S/C12H10F2N2O.ClH/c13-8-2-1-7(5-9(8)14)12-16-10-6-15-4-3-11(10)17-12;/h1-2,5,15H,3-4,6H2;1H. The molecular weight excluding hydrogens is 262 g/mol. The molecule has 0 saturated heterocycles. The fraction of sp³-hybridized carbons (Fsp3) is 0.250. The van der Waals surface area contributed by atoms with Crippen molar-refractivity contribution in [1.82, 2.24) is 10.3 Å². The highest BCUT2D eigenvalue weighted by Crippen LogP contribution is 2.25. The Bertz CT molecular complexity index is 548. The van der Waals surface area contributed by atoms with Crippen molar-refractivity contribution in [3.63, 3.8) is 0 Å². The van der Waals surface area contributed by atoms with Crippen LogP contribution in [0.4, 0.5) is 8.78 Å². The summed E-state index contributed by atoms with van der Waals surface area (Å²) in [5.41, 5.74) is 1.30. The minimum absolute atomic E-state index is 0. The van der Waals surface area contributed by atoms with Gasteiger partial charge in [-0.2, -0.15) is 0 Å². The maximum Gasteiger partial charge on any atom is 0.226 e. The summed E-state index contributed by atoms with van der Waals surface area (Å²) in [6, 6.07) is 3.63. The van der Waals surface area contributed by atoms with Crippen molar-refractivity contribution in [2.75, 3.05) is 6.54 Å². The Kier molecular flexibility index (Phi) is 3.63. The van der Waals surface area contributed by atoms with Crippen LogP contribution in [-0.2, 0) is 13.0 Å². The molecule has 0 spiro atoms. The predicted molar refractivity (Wildman–Crippen MR) is 64.5 cm³/mol. The lowest BCUT2D eigenvalue weighted by atomic mass is 10.2. The van der Waals surface area contributed by atoms with Crippen molar-refractivity contribution in [3.05, 3.63) is 41.3 Å². The van der Waals surface area contributed by atoms with Crippen LogP contribution >= 0.6 is 12.4 Å². The lowest BCUT2D eigenvalue weighted by Crippen LogP contribution is -2.22. The number of nitrogens with zero attached hydrogens (tertiary/aromatic N) is 1. The van der Waals surface area contributed by atoms with E-state index < -0.39 is 11.6 Å². The monoisotopic (exact) mass is 272 g/mol. The van der Waals surface area contributed by atoms with Crippen LogP contribution in [-0.4, -0.2) is 11.5 Å². The van der Waals surface area contributed by atoms with Crippen LogP contribution < -0.4 is 5.32 Å².